The van der Waals surface area contributed by atoms with Crippen LogP contribution in [0.25, 0.3) is 0 Å². The molecular weight excluding hydrogens is 344 g/mol. The van der Waals surface area contributed by atoms with Crippen LogP contribution in [0.4, 0.5) is 5.69 Å². The van der Waals surface area contributed by atoms with Crippen LogP contribution in [0.2, 0.25) is 5.02 Å². The highest BCUT2D eigenvalue weighted by atomic mass is 35.5. The number of anilines is 1. The van der Waals surface area contributed by atoms with Crippen LogP contribution >= 0.6 is 11.6 Å². The van der Waals surface area contributed by atoms with Crippen LogP contribution in [0.5, 0.6) is 11.5 Å². The van der Waals surface area contributed by atoms with Gasteiger partial charge in [0.25, 0.3) is 0 Å². The predicted molar refractivity (Wildman–Crippen MR) is 99.5 cm³/mol. The van der Waals surface area contributed by atoms with Crippen molar-refractivity contribution in [1.29, 1.82) is 0 Å². The number of carbonyl (C=O) groups is 2. The standard InChI is InChI=1S/C18H27ClN2O4/c1-7-8-9-21(4)17(23)18(2,3)16(22)20-13-11-14(24-5)12(19)10-15(13)25-6/h10-11H,7-9H2,1-6H3,(H,20,22). The maximum atomic E-state index is 12.7. The molecule has 1 rings (SSSR count). The van der Waals surface area contributed by atoms with E-state index in [1.165, 1.54) is 14.2 Å². The lowest BCUT2D eigenvalue weighted by molar-refractivity contribution is -0.145. The lowest BCUT2D eigenvalue weighted by atomic mass is 9.90. The number of carbonyl (C=O) groups excluding carboxylic acids is 2. The molecule has 2 amide bonds. The second-order valence-electron chi connectivity index (χ2n) is 6.35. The van der Waals surface area contributed by atoms with Crippen molar-refractivity contribution < 1.29 is 19.1 Å². The summed E-state index contributed by atoms with van der Waals surface area (Å²) in [6.07, 6.45) is 1.87. The second kappa shape index (κ2) is 8.94. The van der Waals surface area contributed by atoms with Gasteiger partial charge in [0, 0.05) is 25.7 Å². The molecule has 6 nitrogen and oxygen atoms in total. The Kier molecular flexibility index (Phi) is 7.55. The molecule has 0 bridgehead atoms. The third-order valence-electron chi connectivity index (χ3n) is 4.02. The van der Waals surface area contributed by atoms with Crippen molar-refractivity contribution in [1.82, 2.24) is 4.90 Å². The molecule has 1 aromatic rings. The minimum atomic E-state index is -1.22. The van der Waals surface area contributed by atoms with Crippen LogP contribution in [-0.2, 0) is 9.59 Å². The summed E-state index contributed by atoms with van der Waals surface area (Å²) in [5.41, 5.74) is -0.828. The molecule has 0 aliphatic heterocycles. The number of halogens is 1. The average molecular weight is 371 g/mol. The fourth-order valence-corrected chi connectivity index (χ4v) is 2.54. The summed E-state index contributed by atoms with van der Waals surface area (Å²) >= 11 is 6.07. The van der Waals surface area contributed by atoms with Crippen LogP contribution in [0, 0.1) is 5.41 Å². The third-order valence-corrected chi connectivity index (χ3v) is 4.31. The molecule has 0 saturated heterocycles. The smallest absolute Gasteiger partial charge is 0.239 e. The predicted octanol–water partition coefficient (Wildman–Crippen LogP) is 3.58. The van der Waals surface area contributed by atoms with E-state index in [0.717, 1.165) is 12.8 Å². The maximum Gasteiger partial charge on any atom is 0.239 e. The van der Waals surface area contributed by atoms with Crippen molar-refractivity contribution in [2.75, 3.05) is 33.1 Å². The maximum absolute atomic E-state index is 12.7. The fourth-order valence-electron chi connectivity index (χ4n) is 2.31. The lowest BCUT2D eigenvalue weighted by Gasteiger charge is -2.28. The molecule has 0 unspecified atom stereocenters. The first kappa shape index (κ1) is 21.1. The summed E-state index contributed by atoms with van der Waals surface area (Å²) in [7, 11) is 4.66. The van der Waals surface area contributed by atoms with Gasteiger partial charge in [-0.3, -0.25) is 9.59 Å². The van der Waals surface area contributed by atoms with Gasteiger partial charge in [-0.2, -0.15) is 0 Å². The van der Waals surface area contributed by atoms with E-state index in [-0.39, 0.29) is 5.91 Å². The number of unbranched alkanes of at least 4 members (excludes halogenated alkanes) is 1. The molecule has 0 aromatic heterocycles. The van der Waals surface area contributed by atoms with E-state index in [4.69, 9.17) is 21.1 Å². The Labute approximate surface area is 154 Å². The summed E-state index contributed by atoms with van der Waals surface area (Å²) in [6, 6.07) is 3.12. The highest BCUT2D eigenvalue weighted by Gasteiger charge is 2.38. The lowest BCUT2D eigenvalue weighted by Crippen LogP contribution is -2.46. The Bertz CT molecular complexity index is 632. The number of rotatable bonds is 8. The first-order valence-corrected chi connectivity index (χ1v) is 8.55. The number of hydrogen-bond donors (Lipinski definition) is 1. The SMILES string of the molecule is CCCCN(C)C(=O)C(C)(C)C(=O)Nc1cc(OC)c(Cl)cc1OC. The van der Waals surface area contributed by atoms with Gasteiger partial charge in [0.2, 0.25) is 11.8 Å². The molecule has 7 heteroatoms. The zero-order chi connectivity index (χ0) is 19.2. The summed E-state index contributed by atoms with van der Waals surface area (Å²) < 4.78 is 10.4. The van der Waals surface area contributed by atoms with Crippen LogP contribution in [-0.4, -0.2) is 44.5 Å². The number of benzene rings is 1. The molecule has 0 fully saturated rings. The third kappa shape index (κ3) is 5.01. The molecule has 1 N–H and O–H groups in total. The molecule has 140 valence electrons. The first-order chi connectivity index (χ1) is 11.7. The van der Waals surface area contributed by atoms with E-state index in [2.05, 4.69) is 12.2 Å². The van der Waals surface area contributed by atoms with Gasteiger partial charge < -0.3 is 19.7 Å². The monoisotopic (exact) mass is 370 g/mol. The molecule has 0 radical (unpaired) electrons. The molecule has 1 aromatic carbocycles. The van der Waals surface area contributed by atoms with Gasteiger partial charge in [0.05, 0.1) is 24.9 Å². The Morgan fingerprint density at radius 3 is 2.32 bits per heavy atom. The topological polar surface area (TPSA) is 67.9 Å². The number of methoxy groups -OCH3 is 2. The Morgan fingerprint density at radius 2 is 1.80 bits per heavy atom. The highest BCUT2D eigenvalue weighted by Crippen LogP contribution is 2.36. The Hall–Kier alpha value is -1.95. The fraction of sp³-hybridized carbons (Fsp3) is 0.556. The number of nitrogens with zero attached hydrogens (tertiary/aromatic N) is 1. The second-order valence-corrected chi connectivity index (χ2v) is 6.75. The largest absolute Gasteiger partial charge is 0.495 e. The van der Waals surface area contributed by atoms with Gasteiger partial charge in [-0.25, -0.2) is 0 Å². The van der Waals surface area contributed by atoms with E-state index in [1.807, 2.05) is 0 Å². The summed E-state index contributed by atoms with van der Waals surface area (Å²) in [5.74, 6) is 0.130. The summed E-state index contributed by atoms with van der Waals surface area (Å²) in [6.45, 7) is 5.87. The van der Waals surface area contributed by atoms with Crippen LogP contribution in [0.1, 0.15) is 33.6 Å². The highest BCUT2D eigenvalue weighted by molar-refractivity contribution is 6.32. The Balaban J connectivity index is 3.02. The molecule has 0 aliphatic carbocycles. The quantitative estimate of drug-likeness (QED) is 0.710. The Morgan fingerprint density at radius 1 is 1.20 bits per heavy atom. The van der Waals surface area contributed by atoms with E-state index in [1.54, 1.807) is 37.9 Å². The number of hydrogen-bond acceptors (Lipinski definition) is 4. The van der Waals surface area contributed by atoms with Gasteiger partial charge >= 0.3 is 0 Å². The van der Waals surface area contributed by atoms with E-state index >= 15 is 0 Å². The van der Waals surface area contributed by atoms with Crippen molar-refractivity contribution >= 4 is 29.1 Å². The van der Waals surface area contributed by atoms with Crippen molar-refractivity contribution in [3.63, 3.8) is 0 Å². The van der Waals surface area contributed by atoms with Crippen molar-refractivity contribution in [3.8, 4) is 11.5 Å². The van der Waals surface area contributed by atoms with Crippen LogP contribution in [0.3, 0.4) is 0 Å². The van der Waals surface area contributed by atoms with E-state index < -0.39 is 11.3 Å². The summed E-state index contributed by atoms with van der Waals surface area (Å²) in [4.78, 5) is 26.9. The van der Waals surface area contributed by atoms with Crippen molar-refractivity contribution in [2.45, 2.75) is 33.6 Å². The minimum Gasteiger partial charge on any atom is -0.495 e. The van der Waals surface area contributed by atoms with Crippen molar-refractivity contribution in [2.24, 2.45) is 5.41 Å². The first-order valence-electron chi connectivity index (χ1n) is 8.17. The van der Waals surface area contributed by atoms with Gasteiger partial charge in [0.15, 0.2) is 0 Å². The zero-order valence-corrected chi connectivity index (χ0v) is 16.5. The molecule has 0 atom stereocenters. The van der Waals surface area contributed by atoms with Crippen LogP contribution in [0.15, 0.2) is 12.1 Å². The van der Waals surface area contributed by atoms with Gasteiger partial charge in [0.1, 0.15) is 16.9 Å². The number of amides is 2. The van der Waals surface area contributed by atoms with Crippen LogP contribution < -0.4 is 14.8 Å². The molecule has 0 spiro atoms. The number of nitrogens with one attached hydrogen (secondary N) is 1. The van der Waals surface area contributed by atoms with E-state index in [9.17, 15) is 9.59 Å². The summed E-state index contributed by atoms with van der Waals surface area (Å²) in [5, 5.41) is 3.11. The average Bonchev–Trinajstić information content (AvgIpc) is 2.59. The van der Waals surface area contributed by atoms with Crippen molar-refractivity contribution in [3.05, 3.63) is 17.2 Å². The molecule has 0 aliphatic rings. The van der Waals surface area contributed by atoms with Gasteiger partial charge in [-0.15, -0.1) is 0 Å². The zero-order valence-electron chi connectivity index (χ0n) is 15.7. The normalized spacial score (nSPS) is 11.0. The molecule has 25 heavy (non-hydrogen) atoms. The molecule has 0 heterocycles. The molecule has 0 saturated carbocycles. The van der Waals surface area contributed by atoms with E-state index in [0.29, 0.717) is 28.8 Å². The molecular formula is C18H27ClN2O4. The van der Waals surface area contributed by atoms with Gasteiger partial charge in [-0.05, 0) is 20.3 Å². The van der Waals surface area contributed by atoms with Gasteiger partial charge in [-0.1, -0.05) is 24.9 Å². The number of ether oxygens (including phenoxy) is 2. The minimum absolute atomic E-state index is 0.238.